The minimum Gasteiger partial charge on any atom is -0.396 e. The van der Waals surface area contributed by atoms with Crippen molar-refractivity contribution in [3.05, 3.63) is 35.4 Å². The standard InChI is InChI=1S/C16H20N4O2.C2H6/c1-10(2)19-4-3-14-13(7-19)16-15-12(9-22-18-15)5-11(8-21)6-20(16)17-14;1-2/h9,11,21H,1,3-8H2,2H3;1-2H3. The van der Waals surface area contributed by atoms with Gasteiger partial charge in [-0.05, 0) is 13.3 Å². The van der Waals surface area contributed by atoms with Crippen LogP contribution in [0.25, 0.3) is 11.4 Å². The highest BCUT2D eigenvalue weighted by atomic mass is 16.5. The molecule has 130 valence electrons. The molecule has 0 bridgehead atoms. The molecule has 1 atom stereocenters. The van der Waals surface area contributed by atoms with Crippen LogP contribution in [-0.4, -0.2) is 38.1 Å². The molecule has 0 aliphatic carbocycles. The van der Waals surface area contributed by atoms with E-state index in [9.17, 15) is 5.11 Å². The normalized spacial score (nSPS) is 18.7. The molecular weight excluding hydrogens is 304 g/mol. The van der Waals surface area contributed by atoms with E-state index in [4.69, 9.17) is 9.62 Å². The second-order valence-electron chi connectivity index (χ2n) is 6.30. The van der Waals surface area contributed by atoms with Gasteiger partial charge in [-0.3, -0.25) is 4.68 Å². The van der Waals surface area contributed by atoms with Crippen LogP contribution < -0.4 is 0 Å². The third-order valence-corrected chi connectivity index (χ3v) is 4.71. The lowest BCUT2D eigenvalue weighted by Crippen LogP contribution is -2.28. The predicted octanol–water partition coefficient (Wildman–Crippen LogP) is 2.62. The molecule has 2 aliphatic rings. The Labute approximate surface area is 142 Å². The van der Waals surface area contributed by atoms with E-state index in [0.717, 1.165) is 60.8 Å². The molecule has 6 heteroatoms. The SMILES string of the molecule is C=C(C)N1CCc2nn3c(c2C1)-c1nocc1CC(CO)C3.CC. The van der Waals surface area contributed by atoms with Gasteiger partial charge in [0.05, 0.1) is 11.4 Å². The van der Waals surface area contributed by atoms with E-state index in [1.807, 2.05) is 25.5 Å². The van der Waals surface area contributed by atoms with Crippen LogP contribution in [0.3, 0.4) is 0 Å². The van der Waals surface area contributed by atoms with Crippen LogP contribution in [0.2, 0.25) is 0 Å². The monoisotopic (exact) mass is 330 g/mol. The molecule has 0 saturated heterocycles. The number of rotatable bonds is 2. The van der Waals surface area contributed by atoms with Crippen molar-refractivity contribution in [2.24, 2.45) is 5.92 Å². The van der Waals surface area contributed by atoms with Gasteiger partial charge < -0.3 is 14.5 Å². The van der Waals surface area contributed by atoms with E-state index in [0.29, 0.717) is 0 Å². The number of aliphatic hydroxyl groups excluding tert-OH is 1. The Hall–Kier alpha value is -2.08. The molecular formula is C18H26N4O2. The molecule has 0 radical (unpaired) electrons. The highest BCUT2D eigenvalue weighted by molar-refractivity contribution is 5.65. The van der Waals surface area contributed by atoms with Crippen molar-refractivity contribution in [1.29, 1.82) is 0 Å². The molecule has 4 heterocycles. The lowest BCUT2D eigenvalue weighted by Gasteiger charge is -2.28. The van der Waals surface area contributed by atoms with Crippen LogP contribution in [0.4, 0.5) is 0 Å². The molecule has 0 amide bonds. The zero-order valence-electron chi connectivity index (χ0n) is 14.7. The summed E-state index contributed by atoms with van der Waals surface area (Å²) < 4.78 is 7.22. The van der Waals surface area contributed by atoms with E-state index in [1.54, 1.807) is 6.26 Å². The summed E-state index contributed by atoms with van der Waals surface area (Å²) in [6.45, 7) is 12.7. The first-order chi connectivity index (χ1) is 11.7. The fraction of sp³-hybridized carbons (Fsp3) is 0.556. The van der Waals surface area contributed by atoms with Crippen molar-refractivity contribution >= 4 is 0 Å². The summed E-state index contributed by atoms with van der Waals surface area (Å²) in [5.41, 5.74) is 6.44. The maximum Gasteiger partial charge on any atom is 0.135 e. The number of nitrogens with zero attached hydrogens (tertiary/aromatic N) is 4. The van der Waals surface area contributed by atoms with Crippen LogP contribution in [0.5, 0.6) is 0 Å². The van der Waals surface area contributed by atoms with Crippen LogP contribution in [0.1, 0.15) is 37.6 Å². The van der Waals surface area contributed by atoms with E-state index < -0.39 is 0 Å². The third-order valence-electron chi connectivity index (χ3n) is 4.71. The van der Waals surface area contributed by atoms with Crippen LogP contribution in [0, 0.1) is 5.92 Å². The van der Waals surface area contributed by atoms with Gasteiger partial charge in [0.2, 0.25) is 0 Å². The van der Waals surface area contributed by atoms with Gasteiger partial charge in [-0.1, -0.05) is 25.6 Å². The minimum absolute atomic E-state index is 0.145. The molecule has 0 spiro atoms. The van der Waals surface area contributed by atoms with Gasteiger partial charge in [-0.25, -0.2) is 0 Å². The Bertz CT molecular complexity index is 731. The highest BCUT2D eigenvalue weighted by Gasteiger charge is 2.31. The van der Waals surface area contributed by atoms with Crippen molar-refractivity contribution in [2.75, 3.05) is 13.2 Å². The van der Waals surface area contributed by atoms with E-state index in [-0.39, 0.29) is 12.5 Å². The number of aliphatic hydroxyl groups is 1. The van der Waals surface area contributed by atoms with Gasteiger partial charge >= 0.3 is 0 Å². The van der Waals surface area contributed by atoms with Gasteiger partial charge in [0.15, 0.2) is 0 Å². The summed E-state index contributed by atoms with van der Waals surface area (Å²) in [6, 6.07) is 0. The summed E-state index contributed by atoms with van der Waals surface area (Å²) >= 11 is 0. The predicted molar refractivity (Wildman–Crippen MR) is 92.3 cm³/mol. The summed E-state index contributed by atoms with van der Waals surface area (Å²) in [5, 5.41) is 18.6. The number of hydrogen-bond donors (Lipinski definition) is 1. The first kappa shape index (κ1) is 16.8. The smallest absolute Gasteiger partial charge is 0.135 e. The Morgan fingerprint density at radius 3 is 2.96 bits per heavy atom. The molecule has 1 N–H and O–H groups in total. The molecule has 1 unspecified atom stereocenters. The van der Waals surface area contributed by atoms with Crippen LogP contribution in [0.15, 0.2) is 23.1 Å². The fourth-order valence-electron chi connectivity index (χ4n) is 3.49. The van der Waals surface area contributed by atoms with Crippen molar-refractivity contribution in [1.82, 2.24) is 19.8 Å². The lowest BCUT2D eigenvalue weighted by molar-refractivity contribution is 0.207. The lowest BCUT2D eigenvalue weighted by atomic mass is 9.99. The second-order valence-corrected chi connectivity index (χ2v) is 6.30. The average Bonchev–Trinajstić information content (AvgIpc) is 3.15. The highest BCUT2D eigenvalue weighted by Crippen LogP contribution is 2.36. The van der Waals surface area contributed by atoms with Crippen molar-refractivity contribution < 1.29 is 9.63 Å². The van der Waals surface area contributed by atoms with Crippen LogP contribution in [-0.2, 0) is 25.9 Å². The minimum atomic E-state index is 0.145. The summed E-state index contributed by atoms with van der Waals surface area (Å²) in [5.74, 6) is 0.151. The molecule has 2 aliphatic heterocycles. The average molecular weight is 330 g/mol. The van der Waals surface area contributed by atoms with Gasteiger partial charge in [0.25, 0.3) is 0 Å². The molecule has 2 aromatic heterocycles. The van der Waals surface area contributed by atoms with Gasteiger partial charge in [-0.15, -0.1) is 0 Å². The number of aromatic nitrogens is 3. The van der Waals surface area contributed by atoms with Crippen LogP contribution >= 0.6 is 0 Å². The van der Waals surface area contributed by atoms with Crippen molar-refractivity contribution in [2.45, 2.75) is 46.7 Å². The topological polar surface area (TPSA) is 67.3 Å². The Morgan fingerprint density at radius 2 is 2.25 bits per heavy atom. The molecule has 4 rings (SSSR count). The zero-order valence-corrected chi connectivity index (χ0v) is 14.7. The maximum atomic E-state index is 9.61. The Morgan fingerprint density at radius 1 is 1.46 bits per heavy atom. The third kappa shape index (κ3) is 2.75. The number of allylic oxidation sites excluding steroid dienone is 1. The van der Waals surface area contributed by atoms with Gasteiger partial charge in [-0.2, -0.15) is 5.10 Å². The molecule has 24 heavy (non-hydrogen) atoms. The summed E-state index contributed by atoms with van der Waals surface area (Å²) in [4.78, 5) is 2.28. The molecule has 2 aromatic rings. The van der Waals surface area contributed by atoms with Gasteiger partial charge in [0.1, 0.15) is 12.0 Å². The first-order valence-electron chi connectivity index (χ1n) is 8.71. The molecule has 0 fully saturated rings. The molecule has 6 nitrogen and oxygen atoms in total. The molecule has 0 aromatic carbocycles. The quantitative estimate of drug-likeness (QED) is 0.917. The zero-order chi connectivity index (χ0) is 17.3. The van der Waals surface area contributed by atoms with Crippen molar-refractivity contribution in [3.8, 4) is 11.4 Å². The second kappa shape index (κ2) is 6.81. The maximum absolute atomic E-state index is 9.61. The summed E-state index contributed by atoms with van der Waals surface area (Å²) in [6.07, 6.45) is 3.39. The van der Waals surface area contributed by atoms with E-state index >= 15 is 0 Å². The Balaban J connectivity index is 0.000000815. The largest absolute Gasteiger partial charge is 0.396 e. The Kier molecular flexibility index (Phi) is 4.76. The number of fused-ring (bicyclic) bond motifs is 5. The van der Waals surface area contributed by atoms with Gasteiger partial charge in [0, 0.05) is 55.4 Å². The molecule has 0 saturated carbocycles. The van der Waals surface area contributed by atoms with Crippen molar-refractivity contribution in [3.63, 3.8) is 0 Å². The fourth-order valence-corrected chi connectivity index (χ4v) is 3.49. The number of hydrogen-bond acceptors (Lipinski definition) is 5. The summed E-state index contributed by atoms with van der Waals surface area (Å²) in [7, 11) is 0. The van der Waals surface area contributed by atoms with E-state index in [2.05, 4.69) is 16.6 Å². The first-order valence-corrected chi connectivity index (χ1v) is 8.71. The van der Waals surface area contributed by atoms with E-state index in [1.165, 1.54) is 5.56 Å².